The largest absolute Gasteiger partial charge is 0.354 e. The van der Waals surface area contributed by atoms with Crippen molar-refractivity contribution in [3.8, 4) is 0 Å². The van der Waals surface area contributed by atoms with Crippen LogP contribution < -0.4 is 9.80 Å². The van der Waals surface area contributed by atoms with E-state index in [1.165, 1.54) is 12.5 Å². The first-order chi connectivity index (χ1) is 15.7. The van der Waals surface area contributed by atoms with Gasteiger partial charge in [-0.15, -0.1) is 0 Å². The van der Waals surface area contributed by atoms with E-state index in [-0.39, 0.29) is 17.8 Å². The van der Waals surface area contributed by atoms with Crippen LogP contribution in [0.2, 0.25) is 0 Å². The van der Waals surface area contributed by atoms with Crippen molar-refractivity contribution in [2.24, 2.45) is 5.92 Å². The number of aromatic nitrogens is 1. The van der Waals surface area contributed by atoms with Crippen molar-refractivity contribution in [2.45, 2.75) is 25.3 Å². The number of piperidine rings is 1. The van der Waals surface area contributed by atoms with Gasteiger partial charge in [0.15, 0.2) is 0 Å². The number of hydrogen-bond donors (Lipinski definition) is 0. The Hall–Kier alpha value is -2.51. The molecule has 1 aromatic carbocycles. The molecule has 0 radical (unpaired) electrons. The molecule has 6 nitrogen and oxygen atoms in total. The third kappa shape index (κ3) is 4.50. The van der Waals surface area contributed by atoms with Crippen molar-refractivity contribution in [3.05, 3.63) is 54.5 Å². The average Bonchev–Trinajstić information content (AvgIpc) is 3.22. The molecule has 0 spiro atoms. The molecule has 2 atom stereocenters. The summed E-state index contributed by atoms with van der Waals surface area (Å²) < 4.78 is 14.2. The number of benzene rings is 1. The van der Waals surface area contributed by atoms with Gasteiger partial charge < -0.3 is 9.80 Å². The van der Waals surface area contributed by atoms with Crippen LogP contribution in [0.4, 0.5) is 15.9 Å². The van der Waals surface area contributed by atoms with Gasteiger partial charge in [0.2, 0.25) is 5.91 Å². The van der Waals surface area contributed by atoms with Crippen molar-refractivity contribution in [1.82, 2.24) is 14.8 Å². The lowest BCUT2D eigenvalue weighted by Gasteiger charge is -2.40. The van der Waals surface area contributed by atoms with Gasteiger partial charge in [0.1, 0.15) is 11.6 Å². The second kappa shape index (κ2) is 9.55. The molecule has 2 unspecified atom stereocenters. The van der Waals surface area contributed by atoms with Gasteiger partial charge in [-0.25, -0.2) is 9.37 Å². The topological polar surface area (TPSA) is 42.9 Å². The Morgan fingerprint density at radius 2 is 1.75 bits per heavy atom. The maximum Gasteiger partial charge on any atom is 0.244 e. The summed E-state index contributed by atoms with van der Waals surface area (Å²) in [6, 6.07) is 12.6. The zero-order valence-corrected chi connectivity index (χ0v) is 18.6. The van der Waals surface area contributed by atoms with E-state index in [1.807, 2.05) is 18.3 Å². The second-order valence-corrected chi connectivity index (χ2v) is 9.22. The van der Waals surface area contributed by atoms with Crippen molar-refractivity contribution in [2.75, 3.05) is 62.2 Å². The van der Waals surface area contributed by atoms with E-state index in [2.05, 4.69) is 25.8 Å². The van der Waals surface area contributed by atoms with E-state index in [0.29, 0.717) is 18.2 Å². The first-order valence-corrected chi connectivity index (χ1v) is 11.9. The molecule has 0 saturated carbocycles. The molecule has 7 heteroatoms. The standard InChI is InChI=1S/C25H32FN5O/c26-21-7-1-2-8-22(21)31-13-10-23(25(31)32)30-12-5-6-20(19-30)18-28-14-16-29(17-15-28)24-9-3-4-11-27-24/h1-4,7-9,11,20,23H,5-6,10,12-19H2. The number of piperazine rings is 1. The number of halogens is 1. The molecule has 170 valence electrons. The fourth-order valence-corrected chi connectivity index (χ4v) is 5.51. The molecule has 1 aromatic heterocycles. The summed E-state index contributed by atoms with van der Waals surface area (Å²) in [6.07, 6.45) is 4.98. The molecule has 0 bridgehead atoms. The molecular formula is C25H32FN5O. The fraction of sp³-hybridized carbons (Fsp3) is 0.520. The smallest absolute Gasteiger partial charge is 0.244 e. The van der Waals surface area contributed by atoms with Crippen LogP contribution in [0.1, 0.15) is 19.3 Å². The summed E-state index contributed by atoms with van der Waals surface area (Å²) in [5.74, 6) is 1.39. The minimum absolute atomic E-state index is 0.0553. The van der Waals surface area contributed by atoms with E-state index >= 15 is 0 Å². The molecule has 0 N–H and O–H groups in total. The monoisotopic (exact) mass is 437 g/mol. The number of pyridine rings is 1. The molecular weight excluding hydrogens is 405 g/mol. The van der Waals surface area contributed by atoms with E-state index in [4.69, 9.17) is 0 Å². The fourth-order valence-electron chi connectivity index (χ4n) is 5.51. The summed E-state index contributed by atoms with van der Waals surface area (Å²) in [7, 11) is 0. The zero-order valence-electron chi connectivity index (χ0n) is 18.6. The van der Waals surface area contributed by atoms with Crippen LogP contribution in [-0.4, -0.2) is 79.1 Å². The van der Waals surface area contributed by atoms with Gasteiger partial charge in [-0.1, -0.05) is 18.2 Å². The van der Waals surface area contributed by atoms with Gasteiger partial charge in [-0.3, -0.25) is 14.6 Å². The predicted octanol–water partition coefficient (Wildman–Crippen LogP) is 2.86. The highest BCUT2D eigenvalue weighted by Crippen LogP contribution is 2.29. The van der Waals surface area contributed by atoms with E-state index in [9.17, 15) is 9.18 Å². The first kappa shape index (κ1) is 21.3. The van der Waals surface area contributed by atoms with Crippen LogP contribution in [-0.2, 0) is 4.79 Å². The van der Waals surface area contributed by atoms with Crippen LogP contribution in [0.25, 0.3) is 0 Å². The van der Waals surface area contributed by atoms with Crippen molar-refractivity contribution in [1.29, 1.82) is 0 Å². The summed E-state index contributed by atoms with van der Waals surface area (Å²) in [5.41, 5.74) is 0.416. The number of para-hydroxylation sites is 1. The molecule has 0 aliphatic carbocycles. The van der Waals surface area contributed by atoms with Crippen LogP contribution in [0, 0.1) is 11.7 Å². The zero-order chi connectivity index (χ0) is 21.9. The van der Waals surface area contributed by atoms with E-state index in [1.54, 1.807) is 23.1 Å². The van der Waals surface area contributed by atoms with Gasteiger partial charge in [-0.05, 0) is 56.0 Å². The summed E-state index contributed by atoms with van der Waals surface area (Å²) in [4.78, 5) is 26.5. The molecule has 2 aromatic rings. The molecule has 4 heterocycles. The van der Waals surface area contributed by atoms with Crippen LogP contribution in [0.15, 0.2) is 48.7 Å². The highest BCUT2D eigenvalue weighted by atomic mass is 19.1. The Morgan fingerprint density at radius 3 is 2.53 bits per heavy atom. The minimum Gasteiger partial charge on any atom is -0.354 e. The summed E-state index contributed by atoms with van der Waals surface area (Å²) in [5, 5.41) is 0. The Bertz CT molecular complexity index is 918. The number of amides is 1. The molecule has 5 rings (SSSR count). The lowest BCUT2D eigenvalue weighted by atomic mass is 9.95. The molecule has 3 aliphatic heterocycles. The van der Waals surface area contributed by atoms with Gasteiger partial charge in [0.25, 0.3) is 0 Å². The number of carbonyl (C=O) groups excluding carboxylic acids is 1. The van der Waals surface area contributed by atoms with Crippen LogP contribution in [0.5, 0.6) is 0 Å². The minimum atomic E-state index is -0.317. The van der Waals surface area contributed by atoms with Crippen molar-refractivity contribution in [3.63, 3.8) is 0 Å². The molecule has 1 amide bonds. The number of carbonyl (C=O) groups is 1. The quantitative estimate of drug-likeness (QED) is 0.720. The summed E-state index contributed by atoms with van der Waals surface area (Å²) in [6.45, 7) is 7.73. The Balaban J connectivity index is 1.14. The normalized spacial score (nSPS) is 25.5. The summed E-state index contributed by atoms with van der Waals surface area (Å²) >= 11 is 0. The van der Waals surface area contributed by atoms with Gasteiger partial charge in [0.05, 0.1) is 11.7 Å². The van der Waals surface area contributed by atoms with Crippen LogP contribution >= 0.6 is 0 Å². The first-order valence-electron chi connectivity index (χ1n) is 11.9. The molecule has 32 heavy (non-hydrogen) atoms. The third-order valence-corrected chi connectivity index (χ3v) is 7.17. The average molecular weight is 438 g/mol. The lowest BCUT2D eigenvalue weighted by Crippen LogP contribution is -2.52. The molecule has 3 aliphatic rings. The number of hydrogen-bond acceptors (Lipinski definition) is 5. The maximum atomic E-state index is 14.2. The number of anilines is 2. The predicted molar refractivity (Wildman–Crippen MR) is 124 cm³/mol. The molecule has 3 saturated heterocycles. The number of nitrogens with zero attached hydrogens (tertiary/aromatic N) is 5. The number of likely N-dealkylation sites (tertiary alicyclic amines) is 1. The van der Waals surface area contributed by atoms with Crippen LogP contribution in [0.3, 0.4) is 0 Å². The SMILES string of the molecule is O=C1C(N2CCCC(CN3CCN(c4ccccn4)CC3)C2)CCN1c1ccccc1F. The van der Waals surface area contributed by atoms with Gasteiger partial charge in [-0.2, -0.15) is 0 Å². The molecule has 3 fully saturated rings. The second-order valence-electron chi connectivity index (χ2n) is 9.22. The third-order valence-electron chi connectivity index (χ3n) is 7.17. The highest BCUT2D eigenvalue weighted by molar-refractivity contribution is 5.99. The van der Waals surface area contributed by atoms with Crippen molar-refractivity contribution >= 4 is 17.4 Å². The van der Waals surface area contributed by atoms with E-state index in [0.717, 1.165) is 64.5 Å². The van der Waals surface area contributed by atoms with Gasteiger partial charge >= 0.3 is 0 Å². The Kier molecular flexibility index (Phi) is 6.37. The van der Waals surface area contributed by atoms with Gasteiger partial charge in [0, 0.05) is 52.0 Å². The highest BCUT2D eigenvalue weighted by Gasteiger charge is 2.39. The maximum absolute atomic E-state index is 14.2. The number of rotatable bonds is 5. The van der Waals surface area contributed by atoms with Crippen molar-refractivity contribution < 1.29 is 9.18 Å². The Morgan fingerprint density at radius 1 is 0.938 bits per heavy atom. The Labute approximate surface area is 189 Å². The lowest BCUT2D eigenvalue weighted by molar-refractivity contribution is -0.122. The van der Waals surface area contributed by atoms with E-state index < -0.39 is 0 Å².